The molecule has 0 aromatic carbocycles. The Labute approximate surface area is 169 Å². The molecule has 1 saturated heterocycles. The van der Waals surface area contributed by atoms with Crippen LogP contribution in [0.25, 0.3) is 0 Å². The first-order valence-corrected chi connectivity index (χ1v) is 9.75. The Bertz CT molecular complexity index is 798. The second-order valence-corrected chi connectivity index (χ2v) is 6.86. The van der Waals surface area contributed by atoms with Gasteiger partial charge >= 0.3 is 0 Å². The molecule has 2 aromatic rings. The van der Waals surface area contributed by atoms with Crippen LogP contribution >= 0.6 is 11.6 Å². The van der Waals surface area contributed by atoms with Crippen molar-refractivity contribution in [3.05, 3.63) is 35.1 Å². The maximum Gasteiger partial charge on any atom is 0.246 e. The Hall–Kier alpha value is -2.39. The molecule has 2 atom stereocenters. The van der Waals surface area contributed by atoms with Gasteiger partial charge in [0.2, 0.25) is 5.89 Å². The number of nitrogens with zero attached hydrogens (tertiary/aromatic N) is 5. The Balaban J connectivity index is 1.50. The normalized spacial score (nSPS) is 18.4. The van der Waals surface area contributed by atoms with Crippen LogP contribution in [0.3, 0.4) is 0 Å². The van der Waals surface area contributed by atoms with Crippen molar-refractivity contribution in [2.24, 2.45) is 4.99 Å². The monoisotopic (exact) mass is 407 g/mol. The summed E-state index contributed by atoms with van der Waals surface area (Å²) >= 11 is 6.25. The van der Waals surface area contributed by atoms with Crippen molar-refractivity contribution >= 4 is 23.4 Å². The highest BCUT2D eigenvalue weighted by Crippen LogP contribution is 2.25. The molecule has 9 nitrogen and oxygen atoms in total. The number of hydrogen-bond acceptors (Lipinski definition) is 7. The summed E-state index contributed by atoms with van der Waals surface area (Å²) in [5.41, 5.74) is 0. The number of guanidine groups is 1. The van der Waals surface area contributed by atoms with E-state index in [4.69, 9.17) is 20.9 Å². The van der Waals surface area contributed by atoms with Crippen LogP contribution in [-0.2, 0) is 11.3 Å². The number of hydrogen-bond donors (Lipinski definition) is 2. The van der Waals surface area contributed by atoms with Gasteiger partial charge in [-0.1, -0.05) is 16.8 Å². The molecule has 152 valence electrons. The van der Waals surface area contributed by atoms with Crippen molar-refractivity contribution in [1.82, 2.24) is 25.8 Å². The lowest BCUT2D eigenvalue weighted by Crippen LogP contribution is -2.44. The van der Waals surface area contributed by atoms with E-state index >= 15 is 0 Å². The van der Waals surface area contributed by atoms with Crippen LogP contribution in [0.2, 0.25) is 5.02 Å². The van der Waals surface area contributed by atoms with Gasteiger partial charge in [0.05, 0.1) is 11.6 Å². The largest absolute Gasteiger partial charge is 0.371 e. The highest BCUT2D eigenvalue weighted by Gasteiger charge is 2.25. The van der Waals surface area contributed by atoms with E-state index in [1.165, 1.54) is 0 Å². The smallest absolute Gasteiger partial charge is 0.246 e. The number of aliphatic imine (C=N–C) groups is 1. The van der Waals surface area contributed by atoms with Crippen LogP contribution in [0.15, 0.2) is 27.8 Å². The van der Waals surface area contributed by atoms with Gasteiger partial charge in [-0.25, -0.2) is 4.98 Å². The SMILES string of the molecule is CCOC(C)c1noc(CNC(=NC)NC2CCN(c3ncccc3Cl)C2)n1. The molecular formula is C18H26ClN7O2. The van der Waals surface area contributed by atoms with Crippen LogP contribution < -0.4 is 15.5 Å². The van der Waals surface area contributed by atoms with E-state index in [0.717, 1.165) is 25.3 Å². The van der Waals surface area contributed by atoms with Gasteiger partial charge in [0.25, 0.3) is 0 Å². The van der Waals surface area contributed by atoms with E-state index in [1.54, 1.807) is 13.2 Å². The van der Waals surface area contributed by atoms with Crippen LogP contribution in [0.4, 0.5) is 5.82 Å². The third-order valence-electron chi connectivity index (χ3n) is 4.46. The molecule has 0 spiro atoms. The molecule has 28 heavy (non-hydrogen) atoms. The van der Waals surface area contributed by atoms with E-state index in [0.29, 0.717) is 35.8 Å². The van der Waals surface area contributed by atoms with Crippen molar-refractivity contribution in [2.45, 2.75) is 39.0 Å². The lowest BCUT2D eigenvalue weighted by Gasteiger charge is -2.20. The first-order chi connectivity index (χ1) is 13.6. The summed E-state index contributed by atoms with van der Waals surface area (Å²) in [5.74, 6) is 2.52. The zero-order valence-electron chi connectivity index (χ0n) is 16.4. The molecule has 3 rings (SSSR count). The molecule has 1 fully saturated rings. The first kappa shape index (κ1) is 20.3. The maximum atomic E-state index is 6.25. The molecule has 0 saturated carbocycles. The zero-order chi connectivity index (χ0) is 19.9. The van der Waals surface area contributed by atoms with Crippen molar-refractivity contribution in [3.63, 3.8) is 0 Å². The van der Waals surface area contributed by atoms with Crippen molar-refractivity contribution in [2.75, 3.05) is 31.6 Å². The molecule has 2 N–H and O–H groups in total. The van der Waals surface area contributed by atoms with Gasteiger partial charge in [0.1, 0.15) is 11.9 Å². The zero-order valence-corrected chi connectivity index (χ0v) is 17.1. The number of nitrogens with one attached hydrogen (secondary N) is 2. The lowest BCUT2D eigenvalue weighted by atomic mass is 10.3. The third-order valence-corrected chi connectivity index (χ3v) is 4.76. The molecule has 0 aliphatic carbocycles. The predicted octanol–water partition coefficient (Wildman–Crippen LogP) is 2.16. The first-order valence-electron chi connectivity index (χ1n) is 9.37. The summed E-state index contributed by atoms with van der Waals surface area (Å²) in [7, 11) is 1.73. The summed E-state index contributed by atoms with van der Waals surface area (Å²) in [4.78, 5) is 15.2. The Morgan fingerprint density at radius 3 is 3.14 bits per heavy atom. The second kappa shape index (κ2) is 9.70. The van der Waals surface area contributed by atoms with E-state index < -0.39 is 0 Å². The minimum Gasteiger partial charge on any atom is -0.371 e. The average molecular weight is 408 g/mol. The Morgan fingerprint density at radius 1 is 1.54 bits per heavy atom. The molecule has 1 aliphatic rings. The van der Waals surface area contributed by atoms with E-state index in [2.05, 4.69) is 35.7 Å². The molecule has 0 radical (unpaired) electrons. The van der Waals surface area contributed by atoms with Gasteiger partial charge in [-0.15, -0.1) is 0 Å². The quantitative estimate of drug-likeness (QED) is 0.532. The number of anilines is 1. The number of aromatic nitrogens is 3. The van der Waals surface area contributed by atoms with Crippen molar-refractivity contribution in [3.8, 4) is 0 Å². The summed E-state index contributed by atoms with van der Waals surface area (Å²) in [6, 6.07) is 3.93. The minimum absolute atomic E-state index is 0.192. The number of rotatable bonds is 7. The molecular weight excluding hydrogens is 382 g/mol. The van der Waals surface area contributed by atoms with Gasteiger partial charge in [0, 0.05) is 39.0 Å². The molecule has 3 heterocycles. The standard InChI is InChI=1S/C18H26ClN7O2/c1-4-27-12(2)16-24-15(28-25-16)10-22-18(20-3)23-13-7-9-26(11-13)17-14(19)6-5-8-21-17/h5-6,8,12-13H,4,7,9-11H2,1-3H3,(H2,20,22,23). The number of ether oxygens (including phenoxy) is 1. The highest BCUT2D eigenvalue weighted by atomic mass is 35.5. The van der Waals surface area contributed by atoms with Gasteiger partial charge in [-0.05, 0) is 32.4 Å². The molecule has 0 amide bonds. The Kier molecular flexibility index (Phi) is 7.05. The van der Waals surface area contributed by atoms with Crippen LogP contribution in [-0.4, -0.2) is 53.9 Å². The second-order valence-electron chi connectivity index (χ2n) is 6.45. The highest BCUT2D eigenvalue weighted by molar-refractivity contribution is 6.32. The molecule has 1 aliphatic heterocycles. The van der Waals surface area contributed by atoms with E-state index in [-0.39, 0.29) is 12.1 Å². The summed E-state index contributed by atoms with van der Waals surface area (Å²) < 4.78 is 10.7. The van der Waals surface area contributed by atoms with Crippen LogP contribution in [0, 0.1) is 0 Å². The summed E-state index contributed by atoms with van der Waals surface area (Å²) in [6.45, 7) is 6.49. The average Bonchev–Trinajstić information content (AvgIpc) is 3.35. The van der Waals surface area contributed by atoms with E-state index in [9.17, 15) is 0 Å². The van der Waals surface area contributed by atoms with Gasteiger partial charge in [0.15, 0.2) is 11.8 Å². The molecule has 2 unspecified atom stereocenters. The van der Waals surface area contributed by atoms with Crippen molar-refractivity contribution < 1.29 is 9.26 Å². The fraction of sp³-hybridized carbons (Fsp3) is 0.556. The maximum absolute atomic E-state index is 6.25. The lowest BCUT2D eigenvalue weighted by molar-refractivity contribution is 0.0683. The van der Waals surface area contributed by atoms with Crippen LogP contribution in [0.5, 0.6) is 0 Å². The van der Waals surface area contributed by atoms with Crippen molar-refractivity contribution in [1.29, 1.82) is 0 Å². The fourth-order valence-electron chi connectivity index (χ4n) is 3.06. The van der Waals surface area contributed by atoms with Gasteiger partial charge in [-0.3, -0.25) is 4.99 Å². The third kappa shape index (κ3) is 5.11. The molecule has 10 heteroatoms. The fourth-order valence-corrected chi connectivity index (χ4v) is 3.30. The summed E-state index contributed by atoms with van der Waals surface area (Å²) in [5, 5.41) is 11.2. The minimum atomic E-state index is -0.192. The predicted molar refractivity (Wildman–Crippen MR) is 108 cm³/mol. The Morgan fingerprint density at radius 2 is 2.39 bits per heavy atom. The summed E-state index contributed by atoms with van der Waals surface area (Å²) in [6.07, 6.45) is 2.53. The molecule has 0 bridgehead atoms. The van der Waals surface area contributed by atoms with Gasteiger partial charge in [-0.2, -0.15) is 4.98 Å². The topological polar surface area (TPSA) is 101 Å². The number of halogens is 1. The number of pyridine rings is 1. The molecule has 2 aromatic heterocycles. The van der Waals surface area contributed by atoms with Crippen LogP contribution in [0.1, 0.15) is 38.1 Å². The van der Waals surface area contributed by atoms with Gasteiger partial charge < -0.3 is 24.8 Å². The van der Waals surface area contributed by atoms with E-state index in [1.807, 2.05) is 26.0 Å².